The van der Waals surface area contributed by atoms with Gasteiger partial charge in [-0.05, 0) is 69.1 Å². The number of rotatable bonds is 74. The van der Waals surface area contributed by atoms with Crippen LogP contribution < -0.4 is 0 Å². The Morgan fingerprint density at radius 1 is 0.320 bits per heavy atom. The van der Waals surface area contributed by atoms with Gasteiger partial charge in [0.15, 0.2) is 12.2 Å². The van der Waals surface area contributed by atoms with Crippen molar-refractivity contribution in [1.29, 1.82) is 0 Å². The summed E-state index contributed by atoms with van der Waals surface area (Å²) in [5.74, 6) is 0.108. The van der Waals surface area contributed by atoms with E-state index in [9.17, 15) is 43.2 Å². The predicted octanol–water partition coefficient (Wildman–Crippen LogP) is 22.5. The van der Waals surface area contributed by atoms with E-state index in [1.807, 2.05) is 0 Å². The van der Waals surface area contributed by atoms with E-state index >= 15 is 0 Å². The van der Waals surface area contributed by atoms with E-state index < -0.39 is 97.5 Å². The molecule has 5 atom stereocenters. The number of esters is 4. The van der Waals surface area contributed by atoms with E-state index in [-0.39, 0.29) is 25.7 Å². The molecule has 0 aliphatic rings. The second-order valence-corrected chi connectivity index (χ2v) is 31.7. The minimum atomic E-state index is -4.96. The number of unbranched alkanes of at least 4 members (excludes halogenated alkanes) is 39. The summed E-state index contributed by atoms with van der Waals surface area (Å²) in [6.45, 7) is 11.8. The molecule has 0 spiro atoms. The van der Waals surface area contributed by atoms with Crippen molar-refractivity contribution in [3.63, 3.8) is 0 Å². The average Bonchev–Trinajstić information content (AvgIpc) is 1.30. The molecule has 0 radical (unpaired) electrons. The van der Waals surface area contributed by atoms with Crippen LogP contribution in [0.25, 0.3) is 0 Å². The molecule has 0 rings (SSSR count). The van der Waals surface area contributed by atoms with E-state index in [1.165, 1.54) is 167 Å². The molecule has 0 aliphatic carbocycles. The summed E-state index contributed by atoms with van der Waals surface area (Å²) in [6.07, 6.45) is 57.8. The summed E-state index contributed by atoms with van der Waals surface area (Å²) < 4.78 is 68.5. The lowest BCUT2D eigenvalue weighted by Gasteiger charge is -2.21. The molecule has 2 unspecified atom stereocenters. The molecule has 0 aromatic heterocycles. The standard InChI is InChI=1S/C78H148O17P2/c1-8-9-10-11-12-13-14-15-17-22-28-33-38-47-54-61-78(83)95-74(66-89-76(81)60-53-46-41-40-44-51-58-71(6)7)68-93-97(86,87)91-64-72(79)63-90-96(84,85)92-67-73(94-77(82)62-55-48-39-34-29-24-23-26-31-36-43-50-57-70(4)5)65-88-75(80)59-52-45-37-32-27-21-19-16-18-20-25-30-35-42-49-56-69(2)3/h13-15,17,69-74,79H,8-12,16,18-68H2,1-7H3,(H,84,85)(H,86,87)/b14-13-,17-15-/t72-,73-,74-/m1/s1. The smallest absolute Gasteiger partial charge is 0.462 e. The summed E-state index contributed by atoms with van der Waals surface area (Å²) in [4.78, 5) is 72.8. The summed E-state index contributed by atoms with van der Waals surface area (Å²) in [5.41, 5.74) is 0. The Labute approximate surface area is 592 Å². The van der Waals surface area contributed by atoms with Gasteiger partial charge in [0, 0.05) is 25.7 Å². The molecule has 0 bridgehead atoms. The fourth-order valence-electron chi connectivity index (χ4n) is 11.4. The van der Waals surface area contributed by atoms with Gasteiger partial charge in [0.05, 0.1) is 26.4 Å². The van der Waals surface area contributed by atoms with E-state index in [0.29, 0.717) is 31.6 Å². The van der Waals surface area contributed by atoms with Crippen molar-refractivity contribution < 1.29 is 80.2 Å². The molecule has 0 aliphatic heterocycles. The van der Waals surface area contributed by atoms with Crippen molar-refractivity contribution in [1.82, 2.24) is 0 Å². The average molecular weight is 1420 g/mol. The molecule has 0 saturated carbocycles. The molecule has 17 nitrogen and oxygen atoms in total. The van der Waals surface area contributed by atoms with Gasteiger partial charge >= 0.3 is 39.5 Å². The Hall–Kier alpha value is -2.46. The normalized spacial score (nSPS) is 14.2. The second kappa shape index (κ2) is 68.0. The van der Waals surface area contributed by atoms with Crippen LogP contribution in [0.15, 0.2) is 24.3 Å². The minimum Gasteiger partial charge on any atom is -0.462 e. The number of allylic oxidation sites excluding steroid dienone is 4. The van der Waals surface area contributed by atoms with E-state index in [0.717, 1.165) is 121 Å². The van der Waals surface area contributed by atoms with Crippen molar-refractivity contribution in [2.24, 2.45) is 17.8 Å². The molecule has 0 heterocycles. The van der Waals surface area contributed by atoms with E-state index in [4.69, 9.17) is 37.0 Å². The van der Waals surface area contributed by atoms with Crippen LogP contribution in [0.2, 0.25) is 0 Å². The van der Waals surface area contributed by atoms with Gasteiger partial charge in [-0.3, -0.25) is 37.3 Å². The molecular weight excluding hydrogens is 1270 g/mol. The van der Waals surface area contributed by atoms with Gasteiger partial charge in [-0.15, -0.1) is 0 Å². The highest BCUT2D eigenvalue weighted by Crippen LogP contribution is 2.45. The van der Waals surface area contributed by atoms with Crippen molar-refractivity contribution >= 4 is 39.5 Å². The molecule has 97 heavy (non-hydrogen) atoms. The third-order valence-corrected chi connectivity index (χ3v) is 19.4. The summed E-state index contributed by atoms with van der Waals surface area (Å²) in [5, 5.41) is 10.6. The summed E-state index contributed by atoms with van der Waals surface area (Å²) >= 11 is 0. The molecular formula is C78H148O17P2. The first-order chi connectivity index (χ1) is 46.7. The number of aliphatic hydroxyl groups excluding tert-OH is 1. The number of carbonyl (C=O) groups is 4. The number of aliphatic hydroxyl groups is 1. The van der Waals surface area contributed by atoms with Gasteiger partial charge in [0.1, 0.15) is 19.3 Å². The van der Waals surface area contributed by atoms with Crippen molar-refractivity contribution in [2.45, 2.75) is 394 Å². The second-order valence-electron chi connectivity index (χ2n) is 28.8. The fourth-order valence-corrected chi connectivity index (χ4v) is 13.0. The zero-order chi connectivity index (χ0) is 71.6. The van der Waals surface area contributed by atoms with Crippen LogP contribution in [-0.4, -0.2) is 96.7 Å². The number of phosphoric ester groups is 2. The molecule has 0 saturated heterocycles. The van der Waals surface area contributed by atoms with E-state index in [2.05, 4.69) is 72.8 Å². The molecule has 572 valence electrons. The third kappa shape index (κ3) is 71.7. The SMILES string of the molecule is CCCCCC/C=C\C=C/CCCCCCCC(=O)O[C@H](COC(=O)CCCCCCCCC(C)C)COP(=O)(O)OC[C@H](O)COP(=O)(O)OC[C@@H](COC(=O)CCCCCCCCCCCCCCCCCC(C)C)OC(=O)CCCCCCCCCCCCCCC(C)C. The first-order valence-corrected chi connectivity index (χ1v) is 42.7. The van der Waals surface area contributed by atoms with Crippen LogP contribution in [0, 0.1) is 17.8 Å². The largest absolute Gasteiger partial charge is 0.472 e. The van der Waals surface area contributed by atoms with Crippen molar-refractivity contribution in [3.05, 3.63) is 24.3 Å². The maximum Gasteiger partial charge on any atom is 0.472 e. The minimum absolute atomic E-state index is 0.0838. The van der Waals surface area contributed by atoms with Gasteiger partial charge in [0.2, 0.25) is 0 Å². The molecule has 0 amide bonds. The Morgan fingerprint density at radius 3 is 0.835 bits per heavy atom. The van der Waals surface area contributed by atoms with Crippen molar-refractivity contribution in [2.75, 3.05) is 39.6 Å². The molecule has 0 aromatic carbocycles. The van der Waals surface area contributed by atoms with Crippen LogP contribution in [0.5, 0.6) is 0 Å². The lowest BCUT2D eigenvalue weighted by molar-refractivity contribution is -0.161. The maximum atomic E-state index is 13.1. The maximum absolute atomic E-state index is 13.1. The zero-order valence-corrected chi connectivity index (χ0v) is 64.8. The Morgan fingerprint density at radius 2 is 0.557 bits per heavy atom. The summed E-state index contributed by atoms with van der Waals surface area (Å²) in [6, 6.07) is 0. The lowest BCUT2D eigenvalue weighted by atomic mass is 10.0. The van der Waals surface area contributed by atoms with E-state index in [1.54, 1.807) is 0 Å². The first kappa shape index (κ1) is 94.5. The number of hydrogen-bond acceptors (Lipinski definition) is 15. The van der Waals surface area contributed by atoms with Crippen molar-refractivity contribution in [3.8, 4) is 0 Å². The van der Waals surface area contributed by atoms with Gasteiger partial charge in [-0.25, -0.2) is 9.13 Å². The number of phosphoric acid groups is 2. The first-order valence-electron chi connectivity index (χ1n) is 39.7. The topological polar surface area (TPSA) is 237 Å². The zero-order valence-electron chi connectivity index (χ0n) is 63.0. The fraction of sp³-hybridized carbons (Fsp3) is 0.897. The molecule has 3 N–H and O–H groups in total. The van der Waals surface area contributed by atoms with Crippen LogP contribution in [-0.2, 0) is 65.4 Å². The van der Waals surface area contributed by atoms with Crippen LogP contribution >= 0.6 is 15.6 Å². The highest BCUT2D eigenvalue weighted by Gasteiger charge is 2.30. The summed E-state index contributed by atoms with van der Waals surface area (Å²) in [7, 11) is -9.93. The Bertz CT molecular complexity index is 1980. The highest BCUT2D eigenvalue weighted by molar-refractivity contribution is 7.47. The van der Waals surface area contributed by atoms with Gasteiger partial charge < -0.3 is 33.8 Å². The Kier molecular flexibility index (Phi) is 66.3. The molecule has 0 aromatic rings. The number of hydrogen-bond donors (Lipinski definition) is 3. The third-order valence-electron chi connectivity index (χ3n) is 17.5. The van der Waals surface area contributed by atoms with Gasteiger partial charge in [0.25, 0.3) is 0 Å². The van der Waals surface area contributed by atoms with Gasteiger partial charge in [-0.2, -0.15) is 0 Å². The van der Waals surface area contributed by atoms with Crippen LogP contribution in [0.3, 0.4) is 0 Å². The number of ether oxygens (including phenoxy) is 4. The lowest BCUT2D eigenvalue weighted by Crippen LogP contribution is -2.30. The molecule has 19 heteroatoms. The van der Waals surface area contributed by atoms with Gasteiger partial charge in [-0.1, -0.05) is 323 Å². The number of carbonyl (C=O) groups excluding carboxylic acids is 4. The molecule has 0 fully saturated rings. The van der Waals surface area contributed by atoms with Crippen LogP contribution in [0.1, 0.15) is 376 Å². The Balaban J connectivity index is 5.26. The quantitative estimate of drug-likeness (QED) is 0.0169. The highest BCUT2D eigenvalue weighted by atomic mass is 31.2. The predicted molar refractivity (Wildman–Crippen MR) is 395 cm³/mol. The monoisotopic (exact) mass is 1420 g/mol. The van der Waals surface area contributed by atoms with Crippen LogP contribution in [0.4, 0.5) is 0 Å².